The van der Waals surface area contributed by atoms with Gasteiger partial charge in [0.25, 0.3) is 0 Å². The molecular weight excluding hydrogens is 223 g/mol. The second kappa shape index (κ2) is 5.03. The highest BCUT2D eigenvalue weighted by atomic mass is 19.2. The molecule has 1 N–H and O–H groups in total. The molecule has 94 valence electrons. The Morgan fingerprint density at radius 2 is 2.19 bits per heavy atom. The number of hydrogen-bond donors (Lipinski definition) is 1. The molecule has 6 heteroatoms. The molecule has 3 atom stereocenters. The molecule has 1 heterocycles. The number of amides is 1. The van der Waals surface area contributed by atoms with Crippen molar-refractivity contribution in [1.29, 1.82) is 0 Å². The van der Waals surface area contributed by atoms with Gasteiger partial charge in [-0.15, -0.1) is 0 Å². The maximum atomic E-state index is 13.5. The highest BCUT2D eigenvalue weighted by Gasteiger charge is 2.40. The molecule has 0 bridgehead atoms. The Hall–Kier alpha value is -0.780. The zero-order valence-electron chi connectivity index (χ0n) is 9.30. The fourth-order valence-electron chi connectivity index (χ4n) is 1.36. The van der Waals surface area contributed by atoms with E-state index in [1.165, 1.54) is 13.8 Å². The van der Waals surface area contributed by atoms with E-state index < -0.39 is 36.6 Å². The number of ether oxygens (including phenoxy) is 1. The van der Waals surface area contributed by atoms with E-state index in [1.54, 1.807) is 0 Å². The van der Waals surface area contributed by atoms with Crippen LogP contribution in [0.3, 0.4) is 0 Å². The predicted octanol–water partition coefficient (Wildman–Crippen LogP) is 1.52. The van der Waals surface area contributed by atoms with Crippen LogP contribution in [-0.4, -0.2) is 37.8 Å². The number of alkyl halides is 3. The monoisotopic (exact) mass is 239 g/mol. The van der Waals surface area contributed by atoms with Gasteiger partial charge in [-0.25, -0.2) is 8.78 Å². The fourth-order valence-corrected chi connectivity index (χ4v) is 1.36. The summed E-state index contributed by atoms with van der Waals surface area (Å²) < 4.78 is 43.9. The molecule has 0 radical (unpaired) electrons. The summed E-state index contributed by atoms with van der Waals surface area (Å²) in [6, 6.07) is 0. The number of carbonyl (C=O) groups is 1. The van der Waals surface area contributed by atoms with Crippen LogP contribution in [-0.2, 0) is 9.53 Å². The van der Waals surface area contributed by atoms with Gasteiger partial charge >= 0.3 is 0 Å². The number of hydrogen-bond acceptors (Lipinski definition) is 2. The van der Waals surface area contributed by atoms with E-state index in [9.17, 15) is 18.0 Å². The lowest BCUT2D eigenvalue weighted by atomic mass is 9.89. The van der Waals surface area contributed by atoms with Gasteiger partial charge in [-0.05, 0) is 0 Å². The highest BCUT2D eigenvalue weighted by molar-refractivity contribution is 5.82. The molecule has 1 amide bonds. The second-order valence-corrected chi connectivity index (χ2v) is 4.58. The number of nitrogens with one attached hydrogen (secondary N) is 1. The van der Waals surface area contributed by atoms with Crippen LogP contribution in [0.1, 0.15) is 20.3 Å². The summed E-state index contributed by atoms with van der Waals surface area (Å²) in [6.07, 6.45) is -5.03. The molecule has 1 fully saturated rings. The maximum absolute atomic E-state index is 13.5. The van der Waals surface area contributed by atoms with Gasteiger partial charge in [-0.3, -0.25) is 9.18 Å². The Kier molecular flexibility index (Phi) is 4.18. The van der Waals surface area contributed by atoms with Crippen molar-refractivity contribution in [1.82, 2.24) is 5.32 Å². The summed E-state index contributed by atoms with van der Waals surface area (Å²) in [7, 11) is 0. The summed E-state index contributed by atoms with van der Waals surface area (Å²) in [5.41, 5.74) is -1.45. The van der Waals surface area contributed by atoms with Crippen molar-refractivity contribution in [3.05, 3.63) is 0 Å². The highest BCUT2D eigenvalue weighted by Crippen LogP contribution is 2.29. The van der Waals surface area contributed by atoms with E-state index in [1.807, 2.05) is 0 Å². The summed E-state index contributed by atoms with van der Waals surface area (Å²) in [6.45, 7) is 1.93. The maximum Gasteiger partial charge on any atom is 0.249 e. The third-order valence-corrected chi connectivity index (χ3v) is 2.61. The largest absolute Gasteiger partial charge is 0.354 e. The molecule has 1 aliphatic rings. The van der Waals surface area contributed by atoms with Gasteiger partial charge in [0.1, 0.15) is 6.10 Å². The quantitative estimate of drug-likeness (QED) is 0.790. The van der Waals surface area contributed by atoms with Crippen LogP contribution in [0.25, 0.3) is 0 Å². The van der Waals surface area contributed by atoms with Crippen LogP contribution in [0.5, 0.6) is 0 Å². The van der Waals surface area contributed by atoms with Crippen molar-refractivity contribution >= 4 is 5.91 Å². The first kappa shape index (κ1) is 13.3. The van der Waals surface area contributed by atoms with E-state index >= 15 is 0 Å². The number of rotatable bonds is 5. The zero-order chi connectivity index (χ0) is 12.3. The molecule has 0 aromatic rings. The third kappa shape index (κ3) is 2.87. The van der Waals surface area contributed by atoms with Gasteiger partial charge < -0.3 is 10.1 Å². The zero-order valence-corrected chi connectivity index (χ0v) is 9.30. The van der Waals surface area contributed by atoms with Crippen molar-refractivity contribution < 1.29 is 22.7 Å². The fraction of sp³-hybridized carbons (Fsp3) is 0.900. The summed E-state index contributed by atoms with van der Waals surface area (Å²) in [4.78, 5) is 11.1. The third-order valence-electron chi connectivity index (χ3n) is 2.61. The summed E-state index contributed by atoms with van der Waals surface area (Å²) >= 11 is 0. The summed E-state index contributed by atoms with van der Waals surface area (Å²) in [5, 5.41) is 2.44. The van der Waals surface area contributed by atoms with E-state index in [0.717, 1.165) is 0 Å². The Bertz CT molecular complexity index is 260. The number of halogens is 3. The standard InChI is InChI=1S/C10H16F3NO2/c1-10(2,5-11)7(12)8(13)16-6-3-4-14-9(6)15/h6-8H,3-5H2,1-2H3,(H,14,15). The van der Waals surface area contributed by atoms with Crippen LogP contribution in [0.15, 0.2) is 0 Å². The SMILES string of the molecule is CC(C)(CF)C(F)C(F)OC1CCNC1=O. The van der Waals surface area contributed by atoms with Crippen LogP contribution in [0.4, 0.5) is 13.2 Å². The molecule has 16 heavy (non-hydrogen) atoms. The van der Waals surface area contributed by atoms with E-state index in [0.29, 0.717) is 13.0 Å². The Balaban J connectivity index is 2.51. The predicted molar refractivity (Wildman–Crippen MR) is 52.0 cm³/mol. The average Bonchev–Trinajstić information content (AvgIpc) is 2.63. The van der Waals surface area contributed by atoms with Crippen molar-refractivity contribution in [2.24, 2.45) is 5.41 Å². The smallest absolute Gasteiger partial charge is 0.249 e. The first-order valence-electron chi connectivity index (χ1n) is 5.16. The minimum absolute atomic E-state index is 0.308. The Morgan fingerprint density at radius 3 is 2.62 bits per heavy atom. The Morgan fingerprint density at radius 1 is 1.56 bits per heavy atom. The van der Waals surface area contributed by atoms with Crippen molar-refractivity contribution in [2.75, 3.05) is 13.2 Å². The van der Waals surface area contributed by atoms with Crippen LogP contribution < -0.4 is 5.32 Å². The molecule has 3 unspecified atom stereocenters. The van der Waals surface area contributed by atoms with Crippen molar-refractivity contribution in [3.63, 3.8) is 0 Å². The van der Waals surface area contributed by atoms with Crippen molar-refractivity contribution in [3.8, 4) is 0 Å². The lowest BCUT2D eigenvalue weighted by molar-refractivity contribution is -0.162. The number of carbonyl (C=O) groups excluding carboxylic acids is 1. The second-order valence-electron chi connectivity index (χ2n) is 4.58. The normalized spacial score (nSPS) is 25.3. The molecule has 0 saturated carbocycles. The van der Waals surface area contributed by atoms with E-state index in [-0.39, 0.29) is 0 Å². The molecule has 3 nitrogen and oxygen atoms in total. The van der Waals surface area contributed by atoms with Gasteiger partial charge in [-0.2, -0.15) is 0 Å². The van der Waals surface area contributed by atoms with Gasteiger partial charge in [0.15, 0.2) is 6.17 Å². The van der Waals surface area contributed by atoms with Crippen LogP contribution in [0.2, 0.25) is 0 Å². The molecule has 1 rings (SSSR count). The molecule has 0 aromatic carbocycles. The summed E-state index contributed by atoms with van der Waals surface area (Å²) in [5.74, 6) is -0.451. The lowest BCUT2D eigenvalue weighted by Crippen LogP contribution is -2.40. The molecule has 0 aromatic heterocycles. The lowest BCUT2D eigenvalue weighted by Gasteiger charge is -2.28. The van der Waals surface area contributed by atoms with Crippen molar-refractivity contribution in [2.45, 2.75) is 38.9 Å². The molecular formula is C10H16F3NO2. The first-order valence-corrected chi connectivity index (χ1v) is 5.16. The topological polar surface area (TPSA) is 38.3 Å². The van der Waals surface area contributed by atoms with E-state index in [2.05, 4.69) is 10.1 Å². The van der Waals surface area contributed by atoms with Gasteiger partial charge in [0, 0.05) is 18.4 Å². The Labute approximate surface area is 92.3 Å². The van der Waals surface area contributed by atoms with E-state index in [4.69, 9.17) is 0 Å². The van der Waals surface area contributed by atoms with Gasteiger partial charge in [-0.1, -0.05) is 13.8 Å². The van der Waals surface area contributed by atoms with Crippen LogP contribution in [0, 0.1) is 5.41 Å². The molecule has 1 saturated heterocycles. The van der Waals surface area contributed by atoms with Gasteiger partial charge in [0.2, 0.25) is 12.3 Å². The van der Waals surface area contributed by atoms with Gasteiger partial charge in [0.05, 0.1) is 6.67 Å². The molecule has 1 aliphatic heterocycles. The average molecular weight is 239 g/mol. The molecule has 0 aliphatic carbocycles. The molecule has 0 spiro atoms. The van der Waals surface area contributed by atoms with Crippen LogP contribution >= 0.6 is 0 Å². The minimum atomic E-state index is -2.28. The first-order chi connectivity index (χ1) is 7.38. The minimum Gasteiger partial charge on any atom is -0.354 e.